The van der Waals surface area contributed by atoms with E-state index in [9.17, 15) is 17.6 Å². The van der Waals surface area contributed by atoms with E-state index in [1.54, 1.807) is 39.5 Å². The number of piperidine rings is 1. The molecule has 2 heterocycles. The lowest BCUT2D eigenvalue weighted by molar-refractivity contribution is -0.131. The summed E-state index contributed by atoms with van der Waals surface area (Å²) in [5, 5.41) is 0. The van der Waals surface area contributed by atoms with Gasteiger partial charge in [0.15, 0.2) is 0 Å². The van der Waals surface area contributed by atoms with Crippen LogP contribution in [0.4, 0.5) is 4.39 Å². The van der Waals surface area contributed by atoms with Crippen LogP contribution in [0.25, 0.3) is 11.0 Å². The molecule has 0 radical (unpaired) electrons. The number of amides is 1. The van der Waals surface area contributed by atoms with Gasteiger partial charge in [-0.1, -0.05) is 18.6 Å². The van der Waals surface area contributed by atoms with E-state index in [2.05, 4.69) is 4.98 Å². The van der Waals surface area contributed by atoms with Gasteiger partial charge in [0.05, 0.1) is 15.9 Å². The number of rotatable bonds is 8. The van der Waals surface area contributed by atoms with Gasteiger partial charge in [0.25, 0.3) is 0 Å². The Kier molecular flexibility index (Phi) is 7.33. The molecule has 9 heteroatoms. The van der Waals surface area contributed by atoms with Crippen molar-refractivity contribution in [1.29, 1.82) is 0 Å². The number of hydrogen-bond donors (Lipinski definition) is 0. The second-order valence-corrected chi connectivity index (χ2v) is 10.7. The van der Waals surface area contributed by atoms with E-state index in [1.807, 2.05) is 18.5 Å². The largest absolute Gasteiger partial charge is 0.339 e. The fraction of sp³-hybridized carbons (Fsp3) is 0.440. The van der Waals surface area contributed by atoms with Crippen molar-refractivity contribution in [1.82, 2.24) is 18.8 Å². The molecule has 1 aromatic heterocycles. The molecule has 182 valence electrons. The van der Waals surface area contributed by atoms with Crippen molar-refractivity contribution >= 4 is 27.0 Å². The molecule has 7 nitrogen and oxygen atoms in total. The van der Waals surface area contributed by atoms with Crippen molar-refractivity contribution in [2.75, 3.05) is 19.6 Å². The molecular formula is C25H31FN4O3S. The third kappa shape index (κ3) is 5.15. The molecule has 0 spiro atoms. The maximum absolute atomic E-state index is 13.5. The highest BCUT2D eigenvalue weighted by molar-refractivity contribution is 7.89. The summed E-state index contributed by atoms with van der Waals surface area (Å²) in [5.41, 5.74) is 2.18. The van der Waals surface area contributed by atoms with Gasteiger partial charge in [-0.25, -0.2) is 17.8 Å². The van der Waals surface area contributed by atoms with Crippen LogP contribution < -0.4 is 0 Å². The van der Waals surface area contributed by atoms with Crippen LogP contribution in [0.1, 0.15) is 44.0 Å². The predicted octanol–water partition coefficient (Wildman–Crippen LogP) is 3.87. The number of carbonyl (C=O) groups excluding carboxylic acids is 1. The Labute approximate surface area is 200 Å². The SMILES string of the molecule is CCN(Cc1cccc(F)c1)C(=O)CCc1nc2cc(S(=O)(=O)N3CCCCC3)ccc2n1C. The molecule has 2 aromatic carbocycles. The molecule has 1 fully saturated rings. The summed E-state index contributed by atoms with van der Waals surface area (Å²) >= 11 is 0. The van der Waals surface area contributed by atoms with Crippen molar-refractivity contribution in [2.24, 2.45) is 7.05 Å². The first-order chi connectivity index (χ1) is 16.3. The van der Waals surface area contributed by atoms with E-state index < -0.39 is 10.0 Å². The number of imidazole rings is 1. The van der Waals surface area contributed by atoms with Crippen LogP contribution in [-0.2, 0) is 34.8 Å². The average molecular weight is 487 g/mol. The van der Waals surface area contributed by atoms with Gasteiger partial charge in [0.2, 0.25) is 15.9 Å². The third-order valence-electron chi connectivity index (χ3n) is 6.46. The molecule has 3 aromatic rings. The zero-order chi connectivity index (χ0) is 24.3. The Balaban J connectivity index is 1.47. The Morgan fingerprint density at radius 2 is 1.88 bits per heavy atom. The summed E-state index contributed by atoms with van der Waals surface area (Å²) in [6.07, 6.45) is 3.52. The summed E-state index contributed by atoms with van der Waals surface area (Å²) in [6.45, 7) is 3.89. The number of fused-ring (bicyclic) bond motifs is 1. The first kappa shape index (κ1) is 24.3. The van der Waals surface area contributed by atoms with Gasteiger partial charge in [-0.3, -0.25) is 4.79 Å². The zero-order valence-electron chi connectivity index (χ0n) is 19.7. The Morgan fingerprint density at radius 1 is 1.12 bits per heavy atom. The highest BCUT2D eigenvalue weighted by Gasteiger charge is 2.26. The predicted molar refractivity (Wildman–Crippen MR) is 129 cm³/mol. The normalized spacial score (nSPS) is 15.0. The van der Waals surface area contributed by atoms with E-state index in [1.165, 1.54) is 12.1 Å². The average Bonchev–Trinajstić information content (AvgIpc) is 3.16. The number of aromatic nitrogens is 2. The van der Waals surface area contributed by atoms with Gasteiger partial charge in [-0.15, -0.1) is 0 Å². The smallest absolute Gasteiger partial charge is 0.243 e. The summed E-state index contributed by atoms with van der Waals surface area (Å²) in [4.78, 5) is 19.4. The van der Waals surface area contributed by atoms with Gasteiger partial charge >= 0.3 is 0 Å². The minimum atomic E-state index is -3.53. The van der Waals surface area contributed by atoms with E-state index in [0.717, 1.165) is 36.2 Å². The van der Waals surface area contributed by atoms with Crippen LogP contribution in [0.15, 0.2) is 47.4 Å². The van der Waals surface area contributed by atoms with E-state index in [0.29, 0.717) is 38.1 Å². The molecule has 0 atom stereocenters. The van der Waals surface area contributed by atoms with Crippen LogP contribution in [0.5, 0.6) is 0 Å². The van der Waals surface area contributed by atoms with Crippen LogP contribution in [0.3, 0.4) is 0 Å². The number of carbonyl (C=O) groups is 1. The molecule has 0 saturated carbocycles. The standard InChI is InChI=1S/C25H31FN4O3S/c1-3-29(18-19-8-7-9-20(26)16-19)25(31)13-12-24-27-22-17-21(10-11-23(22)28(24)2)34(32,33)30-14-5-4-6-15-30/h7-11,16-17H,3-6,12-15,18H2,1-2H3. The molecule has 0 N–H and O–H groups in total. The second-order valence-electron chi connectivity index (χ2n) is 8.74. The van der Waals surface area contributed by atoms with Crippen LogP contribution in [0, 0.1) is 5.82 Å². The molecular weight excluding hydrogens is 455 g/mol. The maximum atomic E-state index is 13.5. The minimum absolute atomic E-state index is 0.0350. The topological polar surface area (TPSA) is 75.5 Å². The van der Waals surface area contributed by atoms with Crippen LogP contribution in [0.2, 0.25) is 0 Å². The van der Waals surface area contributed by atoms with E-state index in [-0.39, 0.29) is 23.0 Å². The third-order valence-corrected chi connectivity index (χ3v) is 8.35. The van der Waals surface area contributed by atoms with Crippen molar-refractivity contribution in [2.45, 2.75) is 50.5 Å². The molecule has 0 aliphatic carbocycles. The van der Waals surface area contributed by atoms with E-state index >= 15 is 0 Å². The lowest BCUT2D eigenvalue weighted by Crippen LogP contribution is -2.35. The highest BCUT2D eigenvalue weighted by atomic mass is 32.2. The van der Waals surface area contributed by atoms with E-state index in [4.69, 9.17) is 0 Å². The molecule has 0 unspecified atom stereocenters. The Morgan fingerprint density at radius 3 is 2.59 bits per heavy atom. The zero-order valence-corrected chi connectivity index (χ0v) is 20.5. The first-order valence-corrected chi connectivity index (χ1v) is 13.2. The van der Waals surface area contributed by atoms with Crippen LogP contribution >= 0.6 is 0 Å². The summed E-state index contributed by atoms with van der Waals surface area (Å²) in [5.74, 6) is 0.368. The lowest BCUT2D eigenvalue weighted by atomic mass is 10.2. The van der Waals surface area contributed by atoms with Crippen molar-refractivity contribution < 1.29 is 17.6 Å². The molecule has 1 aliphatic rings. The Hall–Kier alpha value is -2.78. The lowest BCUT2D eigenvalue weighted by Gasteiger charge is -2.25. The van der Waals surface area contributed by atoms with Gasteiger partial charge in [0.1, 0.15) is 11.6 Å². The molecule has 4 rings (SSSR count). The highest BCUT2D eigenvalue weighted by Crippen LogP contribution is 2.25. The molecule has 1 amide bonds. The monoisotopic (exact) mass is 486 g/mol. The number of hydrogen-bond acceptors (Lipinski definition) is 4. The molecule has 1 aliphatic heterocycles. The second kappa shape index (κ2) is 10.2. The van der Waals surface area contributed by atoms with Gasteiger partial charge < -0.3 is 9.47 Å². The van der Waals surface area contributed by atoms with Crippen molar-refractivity contribution in [3.8, 4) is 0 Å². The number of benzene rings is 2. The fourth-order valence-electron chi connectivity index (χ4n) is 4.48. The van der Waals surface area contributed by atoms with Gasteiger partial charge in [0, 0.05) is 46.1 Å². The molecule has 34 heavy (non-hydrogen) atoms. The Bertz CT molecular complexity index is 1280. The number of aryl methyl sites for hydroxylation is 2. The number of nitrogens with zero attached hydrogens (tertiary/aromatic N) is 4. The van der Waals surface area contributed by atoms with Crippen molar-refractivity contribution in [3.63, 3.8) is 0 Å². The first-order valence-electron chi connectivity index (χ1n) is 11.8. The van der Waals surface area contributed by atoms with Gasteiger partial charge in [-0.05, 0) is 55.7 Å². The van der Waals surface area contributed by atoms with Gasteiger partial charge in [-0.2, -0.15) is 4.31 Å². The maximum Gasteiger partial charge on any atom is 0.243 e. The quantitative estimate of drug-likeness (QED) is 0.484. The van der Waals surface area contributed by atoms with Crippen LogP contribution in [-0.4, -0.2) is 52.7 Å². The fourth-order valence-corrected chi connectivity index (χ4v) is 6.01. The molecule has 0 bridgehead atoms. The summed E-state index contributed by atoms with van der Waals surface area (Å²) < 4.78 is 43.0. The number of halogens is 1. The summed E-state index contributed by atoms with van der Waals surface area (Å²) in [6, 6.07) is 11.3. The minimum Gasteiger partial charge on any atom is -0.339 e. The molecule has 1 saturated heterocycles. The van der Waals surface area contributed by atoms with Crippen molar-refractivity contribution in [3.05, 3.63) is 59.7 Å². The summed E-state index contributed by atoms with van der Waals surface area (Å²) in [7, 11) is -1.66. The number of sulfonamides is 1.